The molecule has 0 spiro atoms. The number of carbonyl (C=O) groups excluding carboxylic acids is 2. The van der Waals surface area contributed by atoms with Crippen LogP contribution in [0, 0.1) is 11.3 Å². The number of ether oxygens (including phenoxy) is 3. The van der Waals surface area contributed by atoms with E-state index in [1.54, 1.807) is 0 Å². The summed E-state index contributed by atoms with van der Waals surface area (Å²) in [5.74, 6) is 0.785. The third-order valence-corrected chi connectivity index (χ3v) is 8.69. The number of para-hydroxylation sites is 1. The second-order valence-electron chi connectivity index (χ2n) is 13.1. The summed E-state index contributed by atoms with van der Waals surface area (Å²) in [7, 11) is 1.40. The highest BCUT2D eigenvalue weighted by Crippen LogP contribution is 2.53. The highest BCUT2D eigenvalue weighted by molar-refractivity contribution is 5.89. The average Bonchev–Trinajstić information content (AvgIpc) is 3.78. The standard InChI is InChI=1S/C39H48O5/c1-6-43-36(40)27-39(25-26-39)24-23-30(12-11-29-14-19-33(20-15-29)37(41)42-5)13-18-32-9-7-8-10-35(32)44-28-31-16-21-34(22-17-31)38(2,3)4/h7-10,13-22,30H,6,11-12,23-28H2,1-5H3. The zero-order chi connectivity index (χ0) is 31.6. The molecule has 0 aromatic heterocycles. The summed E-state index contributed by atoms with van der Waals surface area (Å²) in [6.45, 7) is 9.47. The van der Waals surface area contributed by atoms with Crippen molar-refractivity contribution in [1.82, 2.24) is 0 Å². The first kappa shape index (κ1) is 33.0. The maximum atomic E-state index is 12.2. The van der Waals surface area contributed by atoms with Crippen LogP contribution in [0.3, 0.4) is 0 Å². The van der Waals surface area contributed by atoms with Crippen LogP contribution < -0.4 is 4.74 Å². The topological polar surface area (TPSA) is 61.8 Å². The lowest BCUT2D eigenvalue weighted by Crippen LogP contribution is -2.14. The number of hydrogen-bond donors (Lipinski definition) is 0. The molecule has 0 heterocycles. The molecule has 3 aromatic carbocycles. The molecule has 1 saturated carbocycles. The second-order valence-corrected chi connectivity index (χ2v) is 13.1. The third-order valence-electron chi connectivity index (χ3n) is 8.69. The van der Waals surface area contributed by atoms with Crippen molar-refractivity contribution >= 4 is 18.0 Å². The van der Waals surface area contributed by atoms with Crippen molar-refractivity contribution in [2.24, 2.45) is 11.3 Å². The molecule has 0 amide bonds. The number of carbonyl (C=O) groups is 2. The van der Waals surface area contributed by atoms with Gasteiger partial charge in [0.2, 0.25) is 0 Å². The fourth-order valence-corrected chi connectivity index (χ4v) is 5.57. The van der Waals surface area contributed by atoms with Crippen molar-refractivity contribution in [3.8, 4) is 5.75 Å². The molecule has 1 aliphatic rings. The molecular formula is C39H48O5. The van der Waals surface area contributed by atoms with Gasteiger partial charge in [0.15, 0.2) is 0 Å². The molecule has 5 nitrogen and oxygen atoms in total. The Labute approximate surface area is 263 Å². The third kappa shape index (κ3) is 9.83. The quantitative estimate of drug-likeness (QED) is 0.164. The van der Waals surface area contributed by atoms with Gasteiger partial charge in [-0.05, 0) is 97.1 Å². The summed E-state index contributed by atoms with van der Waals surface area (Å²) in [5.41, 5.74) is 5.46. The zero-order valence-electron chi connectivity index (χ0n) is 27.1. The summed E-state index contributed by atoms with van der Waals surface area (Å²) < 4.78 is 16.4. The minimum Gasteiger partial charge on any atom is -0.488 e. The minimum absolute atomic E-state index is 0.0816. The number of esters is 2. The van der Waals surface area contributed by atoms with Crippen molar-refractivity contribution in [3.05, 3.63) is 107 Å². The molecule has 234 valence electrons. The Hall–Kier alpha value is -3.86. The molecule has 1 unspecified atom stereocenters. The largest absolute Gasteiger partial charge is 0.488 e. The van der Waals surface area contributed by atoms with Crippen molar-refractivity contribution in [2.75, 3.05) is 13.7 Å². The molecule has 0 saturated heterocycles. The average molecular weight is 597 g/mol. The van der Waals surface area contributed by atoms with Gasteiger partial charge in [-0.25, -0.2) is 4.79 Å². The van der Waals surface area contributed by atoms with E-state index in [2.05, 4.69) is 63.3 Å². The van der Waals surface area contributed by atoms with E-state index in [-0.39, 0.29) is 22.8 Å². The van der Waals surface area contributed by atoms with E-state index in [1.807, 2.05) is 49.4 Å². The molecule has 0 N–H and O–H groups in total. The highest BCUT2D eigenvalue weighted by Gasteiger charge is 2.44. The van der Waals surface area contributed by atoms with Gasteiger partial charge in [0.05, 0.1) is 25.7 Å². The van der Waals surface area contributed by atoms with Gasteiger partial charge in [-0.2, -0.15) is 0 Å². The Morgan fingerprint density at radius 2 is 1.59 bits per heavy atom. The molecule has 4 rings (SSSR count). The SMILES string of the molecule is CCOC(=O)CC1(CCC(C=Cc2ccccc2OCc2ccc(C(C)(C)C)cc2)CCc2ccc(C(=O)OC)cc2)CC1. The Kier molecular flexibility index (Phi) is 11.4. The van der Waals surface area contributed by atoms with Gasteiger partial charge in [0, 0.05) is 5.56 Å². The van der Waals surface area contributed by atoms with Gasteiger partial charge >= 0.3 is 11.9 Å². The van der Waals surface area contributed by atoms with E-state index in [4.69, 9.17) is 14.2 Å². The number of aryl methyl sites for hydroxylation is 1. The monoisotopic (exact) mass is 596 g/mol. The molecule has 1 fully saturated rings. The fraction of sp³-hybridized carbons (Fsp3) is 0.436. The Morgan fingerprint density at radius 3 is 2.23 bits per heavy atom. The normalized spacial score (nSPS) is 14.7. The summed E-state index contributed by atoms with van der Waals surface area (Å²) in [6, 6.07) is 24.5. The number of benzene rings is 3. The summed E-state index contributed by atoms with van der Waals surface area (Å²) in [4.78, 5) is 24.1. The molecule has 0 radical (unpaired) electrons. The Balaban J connectivity index is 1.44. The van der Waals surface area contributed by atoms with Crippen LogP contribution in [0.25, 0.3) is 6.08 Å². The maximum absolute atomic E-state index is 12.2. The van der Waals surface area contributed by atoms with E-state index < -0.39 is 0 Å². The second kappa shape index (κ2) is 15.2. The number of methoxy groups -OCH3 is 1. The first-order valence-electron chi connectivity index (χ1n) is 15.9. The lowest BCUT2D eigenvalue weighted by Gasteiger charge is -2.19. The predicted octanol–water partition coefficient (Wildman–Crippen LogP) is 9.13. The summed E-state index contributed by atoms with van der Waals surface area (Å²) in [6.07, 6.45) is 11.0. The van der Waals surface area contributed by atoms with E-state index in [1.165, 1.54) is 18.2 Å². The Bertz CT molecular complexity index is 1390. The van der Waals surface area contributed by atoms with E-state index in [0.29, 0.717) is 31.1 Å². The van der Waals surface area contributed by atoms with Gasteiger partial charge in [-0.15, -0.1) is 0 Å². The van der Waals surface area contributed by atoms with Crippen LogP contribution in [0.5, 0.6) is 5.75 Å². The Morgan fingerprint density at radius 1 is 0.909 bits per heavy atom. The molecule has 0 bridgehead atoms. The van der Waals surface area contributed by atoms with Gasteiger partial charge in [-0.1, -0.05) is 87.5 Å². The number of allylic oxidation sites excluding steroid dienone is 1. The molecule has 1 aliphatic carbocycles. The van der Waals surface area contributed by atoms with E-state index in [9.17, 15) is 9.59 Å². The van der Waals surface area contributed by atoms with Gasteiger partial charge in [0.25, 0.3) is 0 Å². The van der Waals surface area contributed by atoms with Crippen LogP contribution in [-0.2, 0) is 32.7 Å². The molecular weight excluding hydrogens is 548 g/mol. The highest BCUT2D eigenvalue weighted by atomic mass is 16.5. The van der Waals surface area contributed by atoms with Gasteiger partial charge in [0.1, 0.15) is 12.4 Å². The van der Waals surface area contributed by atoms with Gasteiger partial charge < -0.3 is 14.2 Å². The van der Waals surface area contributed by atoms with Gasteiger partial charge in [-0.3, -0.25) is 4.79 Å². The molecule has 1 atom stereocenters. The molecule has 0 aliphatic heterocycles. The number of hydrogen-bond acceptors (Lipinski definition) is 5. The molecule has 3 aromatic rings. The van der Waals surface area contributed by atoms with Crippen LogP contribution in [-0.4, -0.2) is 25.7 Å². The molecule has 5 heteroatoms. The molecule has 44 heavy (non-hydrogen) atoms. The van der Waals surface area contributed by atoms with Crippen LogP contribution in [0.1, 0.15) is 98.8 Å². The lowest BCUT2D eigenvalue weighted by molar-refractivity contribution is -0.144. The summed E-state index contributed by atoms with van der Waals surface area (Å²) >= 11 is 0. The first-order valence-corrected chi connectivity index (χ1v) is 15.9. The maximum Gasteiger partial charge on any atom is 0.337 e. The van der Waals surface area contributed by atoms with Crippen LogP contribution >= 0.6 is 0 Å². The van der Waals surface area contributed by atoms with Crippen molar-refractivity contribution < 1.29 is 23.8 Å². The van der Waals surface area contributed by atoms with Crippen LogP contribution in [0.4, 0.5) is 0 Å². The zero-order valence-corrected chi connectivity index (χ0v) is 27.1. The van der Waals surface area contributed by atoms with E-state index >= 15 is 0 Å². The lowest BCUT2D eigenvalue weighted by atomic mass is 9.87. The van der Waals surface area contributed by atoms with Crippen LogP contribution in [0.15, 0.2) is 78.9 Å². The van der Waals surface area contributed by atoms with Crippen molar-refractivity contribution in [1.29, 1.82) is 0 Å². The van der Waals surface area contributed by atoms with Crippen molar-refractivity contribution in [2.45, 2.75) is 84.7 Å². The summed E-state index contributed by atoms with van der Waals surface area (Å²) in [5, 5.41) is 0. The smallest absolute Gasteiger partial charge is 0.337 e. The first-order chi connectivity index (χ1) is 21.1. The number of rotatable bonds is 15. The van der Waals surface area contributed by atoms with Crippen molar-refractivity contribution in [3.63, 3.8) is 0 Å². The van der Waals surface area contributed by atoms with E-state index in [0.717, 1.165) is 55.4 Å². The minimum atomic E-state index is -0.323. The predicted molar refractivity (Wildman–Crippen MR) is 177 cm³/mol. The van der Waals surface area contributed by atoms with Crippen LogP contribution in [0.2, 0.25) is 0 Å². The fourth-order valence-electron chi connectivity index (χ4n) is 5.57.